The number of nitrogens with zero attached hydrogens (tertiary/aromatic N) is 1. The third-order valence-corrected chi connectivity index (χ3v) is 6.43. The van der Waals surface area contributed by atoms with Crippen LogP contribution in [0, 0.1) is 0 Å². The maximum absolute atomic E-state index is 12.7. The highest BCUT2D eigenvalue weighted by atomic mass is 35.5. The average molecular weight is 479 g/mol. The van der Waals surface area contributed by atoms with Gasteiger partial charge in [-0.1, -0.05) is 47.5 Å². The number of hydrogen-bond donors (Lipinski definition) is 1. The van der Waals surface area contributed by atoms with E-state index >= 15 is 0 Å². The summed E-state index contributed by atoms with van der Waals surface area (Å²) in [5, 5.41) is 0.287. The Bertz CT molecular complexity index is 1170. The van der Waals surface area contributed by atoms with E-state index in [1.54, 1.807) is 25.2 Å². The molecule has 0 spiro atoms. The van der Waals surface area contributed by atoms with Gasteiger partial charge in [-0.05, 0) is 48.5 Å². The van der Waals surface area contributed by atoms with Gasteiger partial charge in [0.1, 0.15) is 17.3 Å². The molecule has 0 aliphatic carbocycles. The normalized spacial score (nSPS) is 11.1. The van der Waals surface area contributed by atoms with Crippen molar-refractivity contribution in [2.45, 2.75) is 4.90 Å². The molecule has 1 N–H and O–H groups in total. The molecule has 0 saturated heterocycles. The van der Waals surface area contributed by atoms with E-state index in [9.17, 15) is 13.2 Å². The summed E-state index contributed by atoms with van der Waals surface area (Å²) in [6.07, 6.45) is 0. The lowest BCUT2D eigenvalue weighted by Gasteiger charge is -2.18. The molecule has 0 unspecified atom stereocenters. The Morgan fingerprint density at radius 1 is 1.00 bits per heavy atom. The van der Waals surface area contributed by atoms with E-state index < -0.39 is 10.0 Å². The van der Waals surface area contributed by atoms with Crippen molar-refractivity contribution in [1.82, 2.24) is 4.90 Å². The number of likely N-dealkylation sites (N-methyl/N-ethyl adjacent to an activating group) is 1. The predicted octanol–water partition coefficient (Wildman–Crippen LogP) is 4.95. The van der Waals surface area contributed by atoms with Crippen LogP contribution in [0.15, 0.2) is 77.7 Å². The first-order chi connectivity index (χ1) is 14.8. The van der Waals surface area contributed by atoms with E-state index in [0.717, 1.165) is 5.75 Å². The second-order valence-electron chi connectivity index (χ2n) is 6.65. The Hall–Kier alpha value is -2.74. The van der Waals surface area contributed by atoms with Crippen LogP contribution in [-0.2, 0) is 10.0 Å². The number of halogens is 2. The van der Waals surface area contributed by atoms with Crippen LogP contribution < -0.4 is 9.46 Å². The standard InChI is InChI=1S/C22H20Cl2N2O4S/c1-26(12-13-30-19-8-3-2-4-9-19)22(27)16-6-5-7-18(14-16)25-31(28,29)21-15-17(23)10-11-20(21)24/h2-11,14-15,25H,12-13H2,1H3. The maximum Gasteiger partial charge on any atom is 0.263 e. The van der Waals surface area contributed by atoms with Crippen LogP contribution in [0.2, 0.25) is 10.0 Å². The number of benzene rings is 3. The highest BCUT2D eigenvalue weighted by molar-refractivity contribution is 7.92. The van der Waals surface area contributed by atoms with Crippen molar-refractivity contribution < 1.29 is 17.9 Å². The molecule has 0 fully saturated rings. The lowest BCUT2D eigenvalue weighted by atomic mass is 10.2. The molecule has 0 aliphatic heterocycles. The van der Waals surface area contributed by atoms with Crippen molar-refractivity contribution in [2.75, 3.05) is 24.9 Å². The summed E-state index contributed by atoms with van der Waals surface area (Å²) in [5.41, 5.74) is 0.565. The molecule has 31 heavy (non-hydrogen) atoms. The van der Waals surface area contributed by atoms with Crippen LogP contribution in [-0.4, -0.2) is 39.4 Å². The van der Waals surface area contributed by atoms with Gasteiger partial charge >= 0.3 is 0 Å². The smallest absolute Gasteiger partial charge is 0.263 e. The van der Waals surface area contributed by atoms with Gasteiger partial charge in [0.2, 0.25) is 0 Å². The summed E-state index contributed by atoms with van der Waals surface area (Å²) < 4.78 is 33.4. The topological polar surface area (TPSA) is 75.7 Å². The Morgan fingerprint density at radius 3 is 2.48 bits per heavy atom. The zero-order valence-electron chi connectivity index (χ0n) is 16.6. The number of nitrogens with one attached hydrogen (secondary N) is 1. The molecule has 3 aromatic carbocycles. The minimum atomic E-state index is -3.99. The molecule has 162 valence electrons. The quantitative estimate of drug-likeness (QED) is 0.497. The summed E-state index contributed by atoms with van der Waals surface area (Å²) >= 11 is 11.9. The van der Waals surface area contributed by atoms with Gasteiger partial charge in [0.25, 0.3) is 15.9 Å². The number of anilines is 1. The molecule has 6 nitrogen and oxygen atoms in total. The average Bonchev–Trinajstić information content (AvgIpc) is 2.75. The van der Waals surface area contributed by atoms with Crippen molar-refractivity contribution in [3.8, 4) is 5.75 Å². The minimum absolute atomic E-state index is 0.0438. The van der Waals surface area contributed by atoms with Gasteiger partial charge in [-0.2, -0.15) is 0 Å². The van der Waals surface area contributed by atoms with Gasteiger partial charge in [0.15, 0.2) is 0 Å². The van der Waals surface area contributed by atoms with Gasteiger partial charge < -0.3 is 9.64 Å². The summed E-state index contributed by atoms with van der Waals surface area (Å²) in [6.45, 7) is 0.688. The molecule has 9 heteroatoms. The van der Waals surface area contributed by atoms with Crippen LogP contribution in [0.25, 0.3) is 0 Å². The van der Waals surface area contributed by atoms with E-state index in [0.29, 0.717) is 18.7 Å². The van der Waals surface area contributed by atoms with Crippen LogP contribution in [0.1, 0.15) is 10.4 Å². The number of sulfonamides is 1. The molecule has 0 aliphatic rings. The van der Waals surface area contributed by atoms with E-state index in [-0.39, 0.29) is 26.5 Å². The molecule has 0 atom stereocenters. The van der Waals surface area contributed by atoms with E-state index in [4.69, 9.17) is 27.9 Å². The fourth-order valence-corrected chi connectivity index (χ4v) is 4.56. The molecule has 0 bridgehead atoms. The van der Waals surface area contributed by atoms with Crippen molar-refractivity contribution in [2.24, 2.45) is 0 Å². The summed E-state index contributed by atoms with van der Waals surface area (Å²) in [7, 11) is -2.33. The van der Waals surface area contributed by atoms with Gasteiger partial charge in [0.05, 0.1) is 11.6 Å². The lowest BCUT2D eigenvalue weighted by Crippen LogP contribution is -2.31. The fraction of sp³-hybridized carbons (Fsp3) is 0.136. The molecule has 3 rings (SSSR count). The van der Waals surface area contributed by atoms with E-state index in [1.165, 1.54) is 29.2 Å². The molecular formula is C22H20Cl2N2O4S. The van der Waals surface area contributed by atoms with Crippen LogP contribution in [0.4, 0.5) is 5.69 Å². The van der Waals surface area contributed by atoms with Crippen LogP contribution in [0.3, 0.4) is 0 Å². The number of carbonyl (C=O) groups is 1. The van der Waals surface area contributed by atoms with Gasteiger partial charge in [0, 0.05) is 23.3 Å². The molecule has 3 aromatic rings. The number of rotatable bonds is 8. The van der Waals surface area contributed by atoms with Gasteiger partial charge in [-0.15, -0.1) is 0 Å². The first-order valence-electron chi connectivity index (χ1n) is 9.27. The highest BCUT2D eigenvalue weighted by Crippen LogP contribution is 2.27. The second kappa shape index (κ2) is 10.0. The molecule has 0 aromatic heterocycles. The first-order valence-corrected chi connectivity index (χ1v) is 11.5. The number of ether oxygens (including phenoxy) is 1. The largest absolute Gasteiger partial charge is 0.492 e. The van der Waals surface area contributed by atoms with Crippen molar-refractivity contribution in [1.29, 1.82) is 0 Å². The van der Waals surface area contributed by atoms with Crippen molar-refractivity contribution in [3.05, 3.63) is 88.4 Å². The molecule has 1 amide bonds. The third kappa shape index (κ3) is 6.13. The number of carbonyl (C=O) groups excluding carboxylic acids is 1. The van der Waals surface area contributed by atoms with Crippen LogP contribution >= 0.6 is 23.2 Å². The second-order valence-corrected chi connectivity index (χ2v) is 9.14. The fourth-order valence-electron chi connectivity index (χ4n) is 2.75. The first kappa shape index (κ1) is 22.9. The van der Waals surface area contributed by atoms with Gasteiger partial charge in [-0.3, -0.25) is 9.52 Å². The number of para-hydroxylation sites is 1. The summed E-state index contributed by atoms with van der Waals surface area (Å²) in [4.78, 5) is 14.1. The Morgan fingerprint density at radius 2 is 1.74 bits per heavy atom. The molecule has 0 saturated carbocycles. The van der Waals surface area contributed by atoms with Gasteiger partial charge in [-0.25, -0.2) is 8.42 Å². The third-order valence-electron chi connectivity index (χ3n) is 4.33. The lowest BCUT2D eigenvalue weighted by molar-refractivity contribution is 0.0774. The zero-order valence-corrected chi connectivity index (χ0v) is 18.9. The van der Waals surface area contributed by atoms with Crippen molar-refractivity contribution >= 4 is 44.8 Å². The Labute approximate surface area is 191 Å². The highest BCUT2D eigenvalue weighted by Gasteiger charge is 2.20. The number of hydrogen-bond acceptors (Lipinski definition) is 4. The Balaban J connectivity index is 1.67. The molecule has 0 heterocycles. The van der Waals surface area contributed by atoms with Crippen LogP contribution in [0.5, 0.6) is 5.75 Å². The minimum Gasteiger partial charge on any atom is -0.492 e. The zero-order chi connectivity index (χ0) is 22.4. The number of amides is 1. The maximum atomic E-state index is 12.7. The van der Waals surface area contributed by atoms with E-state index in [1.807, 2.05) is 30.3 Å². The molecular weight excluding hydrogens is 459 g/mol. The summed E-state index contributed by atoms with van der Waals surface area (Å²) in [6, 6.07) is 19.7. The molecule has 0 radical (unpaired) electrons. The monoisotopic (exact) mass is 478 g/mol. The van der Waals surface area contributed by atoms with Crippen molar-refractivity contribution in [3.63, 3.8) is 0 Å². The predicted molar refractivity (Wildman–Crippen MR) is 123 cm³/mol. The SMILES string of the molecule is CN(CCOc1ccccc1)C(=O)c1cccc(NS(=O)(=O)c2cc(Cl)ccc2Cl)c1. The Kier molecular flexibility index (Phi) is 7.43. The summed E-state index contributed by atoms with van der Waals surface area (Å²) in [5.74, 6) is 0.456. The van der Waals surface area contributed by atoms with E-state index in [2.05, 4.69) is 4.72 Å².